The zero-order chi connectivity index (χ0) is 19.4. The number of hydrogen-bond donors (Lipinski definition) is 1. The van der Waals surface area contributed by atoms with Crippen LogP contribution in [0.2, 0.25) is 0 Å². The lowest BCUT2D eigenvalue weighted by Gasteiger charge is -2.31. The summed E-state index contributed by atoms with van der Waals surface area (Å²) in [6.45, 7) is 4.61. The maximum atomic E-state index is 12.6. The average Bonchev–Trinajstić information content (AvgIpc) is 2.62. The minimum Gasteiger partial charge on any atom is -0.326 e. The van der Waals surface area contributed by atoms with E-state index in [0.29, 0.717) is 5.69 Å². The molecule has 0 spiro atoms. The van der Waals surface area contributed by atoms with Gasteiger partial charge in [-0.05, 0) is 62.7 Å². The predicted molar refractivity (Wildman–Crippen MR) is 99.3 cm³/mol. The van der Waals surface area contributed by atoms with Crippen LogP contribution in [-0.2, 0) is 17.5 Å². The SMILES string of the molecule is Cc1cccc(CN2CCC(C(=O)Nc3ccc(C(F)(F)F)cc3)CC2)c1. The first kappa shape index (κ1) is 19.4. The van der Waals surface area contributed by atoms with Crippen LogP contribution in [0.4, 0.5) is 18.9 Å². The fraction of sp³-hybridized carbons (Fsp3) is 0.381. The normalized spacial score (nSPS) is 16.3. The third kappa shape index (κ3) is 5.32. The minimum atomic E-state index is -4.37. The van der Waals surface area contributed by atoms with Gasteiger partial charge < -0.3 is 5.32 Å². The molecule has 0 aliphatic carbocycles. The molecule has 3 nitrogen and oxygen atoms in total. The van der Waals surface area contributed by atoms with Gasteiger partial charge in [0.05, 0.1) is 5.56 Å². The van der Waals surface area contributed by atoms with Gasteiger partial charge in [0.1, 0.15) is 0 Å². The zero-order valence-electron chi connectivity index (χ0n) is 15.2. The first-order valence-electron chi connectivity index (χ1n) is 9.07. The Hall–Kier alpha value is -2.34. The first-order chi connectivity index (χ1) is 12.8. The summed E-state index contributed by atoms with van der Waals surface area (Å²) in [6.07, 6.45) is -2.87. The standard InChI is InChI=1S/C21H23F3N2O/c1-15-3-2-4-16(13-15)14-26-11-9-17(10-12-26)20(27)25-19-7-5-18(6-8-19)21(22,23)24/h2-8,13,17H,9-12,14H2,1H3,(H,25,27). The van der Waals surface area contributed by atoms with Crippen LogP contribution in [0.3, 0.4) is 0 Å². The number of piperidine rings is 1. The molecule has 1 amide bonds. The van der Waals surface area contributed by atoms with Crippen molar-refractivity contribution in [2.75, 3.05) is 18.4 Å². The number of halogens is 3. The Morgan fingerprint density at radius 2 is 1.78 bits per heavy atom. The van der Waals surface area contributed by atoms with Crippen molar-refractivity contribution in [3.05, 3.63) is 65.2 Å². The molecule has 1 N–H and O–H groups in total. The Bertz CT molecular complexity index is 779. The van der Waals surface area contributed by atoms with Crippen molar-refractivity contribution in [1.29, 1.82) is 0 Å². The van der Waals surface area contributed by atoms with Crippen molar-refractivity contribution in [3.8, 4) is 0 Å². The monoisotopic (exact) mass is 376 g/mol. The lowest BCUT2D eigenvalue weighted by Crippen LogP contribution is -2.37. The topological polar surface area (TPSA) is 32.3 Å². The average molecular weight is 376 g/mol. The number of rotatable bonds is 4. The summed E-state index contributed by atoms with van der Waals surface area (Å²) >= 11 is 0. The Morgan fingerprint density at radius 1 is 1.11 bits per heavy atom. The van der Waals surface area contributed by atoms with Crippen LogP contribution in [0.15, 0.2) is 48.5 Å². The van der Waals surface area contributed by atoms with Crippen LogP contribution in [-0.4, -0.2) is 23.9 Å². The second kappa shape index (κ2) is 8.13. The molecule has 1 saturated heterocycles. The molecular formula is C21H23F3N2O. The second-order valence-electron chi connectivity index (χ2n) is 7.10. The van der Waals surface area contributed by atoms with Gasteiger partial charge >= 0.3 is 6.18 Å². The molecule has 0 unspecified atom stereocenters. The first-order valence-corrected chi connectivity index (χ1v) is 9.07. The van der Waals surface area contributed by atoms with Crippen molar-refractivity contribution in [2.24, 2.45) is 5.92 Å². The lowest BCUT2D eigenvalue weighted by atomic mass is 9.95. The molecule has 3 rings (SSSR count). The van der Waals surface area contributed by atoms with E-state index < -0.39 is 11.7 Å². The van der Waals surface area contributed by atoms with E-state index in [2.05, 4.69) is 41.4 Å². The van der Waals surface area contributed by atoms with E-state index in [4.69, 9.17) is 0 Å². The second-order valence-corrected chi connectivity index (χ2v) is 7.10. The molecule has 2 aromatic rings. The van der Waals surface area contributed by atoms with Crippen LogP contribution in [0.5, 0.6) is 0 Å². The molecule has 1 heterocycles. The van der Waals surface area contributed by atoms with Crippen molar-refractivity contribution >= 4 is 11.6 Å². The Kier molecular flexibility index (Phi) is 5.85. The number of aryl methyl sites for hydroxylation is 1. The van der Waals surface area contributed by atoms with Crippen LogP contribution in [0.25, 0.3) is 0 Å². The summed E-state index contributed by atoms with van der Waals surface area (Å²) in [5.74, 6) is -0.231. The number of hydrogen-bond acceptors (Lipinski definition) is 2. The highest BCUT2D eigenvalue weighted by molar-refractivity contribution is 5.92. The van der Waals surface area contributed by atoms with Gasteiger partial charge in [0.25, 0.3) is 0 Å². The smallest absolute Gasteiger partial charge is 0.326 e. The van der Waals surface area contributed by atoms with Gasteiger partial charge in [-0.25, -0.2) is 0 Å². The number of benzene rings is 2. The number of amides is 1. The summed E-state index contributed by atoms with van der Waals surface area (Å²) in [4.78, 5) is 14.7. The molecule has 1 aliphatic rings. The van der Waals surface area contributed by atoms with Gasteiger partial charge in [-0.3, -0.25) is 9.69 Å². The summed E-state index contributed by atoms with van der Waals surface area (Å²) < 4.78 is 37.8. The van der Waals surface area contributed by atoms with E-state index in [1.165, 1.54) is 23.3 Å². The van der Waals surface area contributed by atoms with Gasteiger partial charge in [-0.1, -0.05) is 29.8 Å². The molecule has 6 heteroatoms. The molecule has 0 bridgehead atoms. The summed E-state index contributed by atoms with van der Waals surface area (Å²) in [6, 6.07) is 13.0. The largest absolute Gasteiger partial charge is 0.416 e. The van der Waals surface area contributed by atoms with Gasteiger partial charge in [0.15, 0.2) is 0 Å². The van der Waals surface area contributed by atoms with E-state index in [-0.39, 0.29) is 11.8 Å². The highest BCUT2D eigenvalue weighted by atomic mass is 19.4. The summed E-state index contributed by atoms with van der Waals surface area (Å²) in [5, 5.41) is 2.74. The molecule has 0 atom stereocenters. The minimum absolute atomic E-state index is 0.110. The quantitative estimate of drug-likeness (QED) is 0.826. The number of nitrogens with one attached hydrogen (secondary N) is 1. The predicted octanol–water partition coefficient (Wildman–Crippen LogP) is 4.86. The molecular weight excluding hydrogens is 353 g/mol. The molecule has 144 valence electrons. The lowest BCUT2D eigenvalue weighted by molar-refractivity contribution is -0.137. The fourth-order valence-electron chi connectivity index (χ4n) is 3.41. The van der Waals surface area contributed by atoms with Gasteiger partial charge in [0, 0.05) is 18.2 Å². The maximum absolute atomic E-state index is 12.6. The van der Waals surface area contributed by atoms with Gasteiger partial charge in [-0.2, -0.15) is 13.2 Å². The van der Waals surface area contributed by atoms with Gasteiger partial charge in [0.2, 0.25) is 5.91 Å². The number of anilines is 1. The Balaban J connectivity index is 1.49. The van der Waals surface area contributed by atoms with Crippen molar-refractivity contribution in [2.45, 2.75) is 32.5 Å². The zero-order valence-corrected chi connectivity index (χ0v) is 15.2. The maximum Gasteiger partial charge on any atom is 0.416 e. The Labute approximate surface area is 157 Å². The number of nitrogens with zero attached hydrogens (tertiary/aromatic N) is 1. The molecule has 27 heavy (non-hydrogen) atoms. The molecule has 2 aromatic carbocycles. The summed E-state index contributed by atoms with van der Waals surface area (Å²) in [5.41, 5.74) is 2.18. The van der Waals surface area contributed by atoms with Crippen LogP contribution >= 0.6 is 0 Å². The van der Waals surface area contributed by atoms with Crippen LogP contribution in [0.1, 0.15) is 29.5 Å². The molecule has 1 aliphatic heterocycles. The number of likely N-dealkylation sites (tertiary alicyclic amines) is 1. The van der Waals surface area contributed by atoms with E-state index in [1.807, 2.05) is 0 Å². The number of carbonyl (C=O) groups is 1. The highest BCUT2D eigenvalue weighted by Crippen LogP contribution is 2.30. The van der Waals surface area contributed by atoms with E-state index in [1.54, 1.807) is 0 Å². The van der Waals surface area contributed by atoms with Gasteiger partial charge in [-0.15, -0.1) is 0 Å². The Morgan fingerprint density at radius 3 is 2.37 bits per heavy atom. The third-order valence-electron chi connectivity index (χ3n) is 4.93. The number of alkyl halides is 3. The third-order valence-corrected chi connectivity index (χ3v) is 4.93. The summed E-state index contributed by atoms with van der Waals surface area (Å²) in [7, 11) is 0. The van der Waals surface area contributed by atoms with E-state index >= 15 is 0 Å². The van der Waals surface area contributed by atoms with Crippen LogP contribution < -0.4 is 5.32 Å². The number of carbonyl (C=O) groups excluding carboxylic acids is 1. The van der Waals surface area contributed by atoms with Crippen LogP contribution in [0, 0.1) is 12.8 Å². The molecule has 0 aromatic heterocycles. The molecule has 0 saturated carbocycles. The molecule has 1 fully saturated rings. The van der Waals surface area contributed by atoms with Crippen molar-refractivity contribution < 1.29 is 18.0 Å². The van der Waals surface area contributed by atoms with Crippen molar-refractivity contribution in [1.82, 2.24) is 4.90 Å². The van der Waals surface area contributed by atoms with Crippen molar-refractivity contribution in [3.63, 3.8) is 0 Å². The molecule has 0 radical (unpaired) electrons. The highest BCUT2D eigenvalue weighted by Gasteiger charge is 2.30. The van der Waals surface area contributed by atoms with E-state index in [9.17, 15) is 18.0 Å². The fourth-order valence-corrected chi connectivity index (χ4v) is 3.41. The van der Waals surface area contributed by atoms with E-state index in [0.717, 1.165) is 44.6 Å².